The van der Waals surface area contributed by atoms with Gasteiger partial charge in [-0.15, -0.1) is 0 Å². The highest BCUT2D eigenvalue weighted by Gasteiger charge is 2.53. The van der Waals surface area contributed by atoms with Crippen molar-refractivity contribution in [2.75, 3.05) is 11.9 Å². The molecule has 0 aromatic heterocycles. The van der Waals surface area contributed by atoms with Crippen molar-refractivity contribution in [2.24, 2.45) is 0 Å². The summed E-state index contributed by atoms with van der Waals surface area (Å²) in [5, 5.41) is 0. The molecule has 1 atom stereocenters. The zero-order valence-electron chi connectivity index (χ0n) is 16.9. The number of carbonyl (C=O) groups is 1. The molecule has 4 heteroatoms. The fourth-order valence-corrected chi connectivity index (χ4v) is 4.62. The van der Waals surface area contributed by atoms with Crippen molar-refractivity contribution in [1.82, 2.24) is 0 Å². The van der Waals surface area contributed by atoms with Crippen molar-refractivity contribution in [3.05, 3.63) is 119 Å². The molecule has 0 amide bonds. The molecule has 4 nitrogen and oxygen atoms in total. The molecule has 31 heavy (non-hydrogen) atoms. The molecule has 2 aliphatic rings. The molecule has 0 aliphatic carbocycles. The van der Waals surface area contributed by atoms with Gasteiger partial charge in [0.2, 0.25) is 0 Å². The lowest BCUT2D eigenvalue weighted by Crippen LogP contribution is -2.33. The predicted molar refractivity (Wildman–Crippen MR) is 119 cm³/mol. The van der Waals surface area contributed by atoms with Crippen molar-refractivity contribution in [2.45, 2.75) is 5.60 Å². The Bertz CT molecular complexity index is 1330. The molecule has 0 N–H and O–H groups in total. The normalized spacial score (nSPS) is 17.9. The summed E-state index contributed by atoms with van der Waals surface area (Å²) in [5.74, 6) is 1.06. The number of para-hydroxylation sites is 2. The maximum absolute atomic E-state index is 12.8. The Morgan fingerprint density at radius 3 is 2.19 bits per heavy atom. The number of rotatable bonds is 2. The van der Waals surface area contributed by atoms with Gasteiger partial charge in [0, 0.05) is 41.2 Å². The van der Waals surface area contributed by atoms with E-state index in [0.717, 1.165) is 28.1 Å². The quantitative estimate of drug-likeness (QED) is 0.382. The van der Waals surface area contributed by atoms with Crippen molar-refractivity contribution in [3.63, 3.8) is 0 Å². The van der Waals surface area contributed by atoms with Gasteiger partial charge in [0.05, 0.1) is 5.56 Å². The smallest absolute Gasteiger partial charge is 0.340 e. The van der Waals surface area contributed by atoms with Gasteiger partial charge in [-0.25, -0.2) is 4.79 Å². The van der Waals surface area contributed by atoms with E-state index in [-0.39, 0.29) is 5.97 Å². The van der Waals surface area contributed by atoms with Crippen LogP contribution in [0, 0.1) is 0 Å². The van der Waals surface area contributed by atoms with Crippen LogP contribution in [0.5, 0.6) is 11.5 Å². The predicted octanol–water partition coefficient (Wildman–Crippen LogP) is 6.02. The first-order valence-corrected chi connectivity index (χ1v) is 10.2. The van der Waals surface area contributed by atoms with Crippen LogP contribution in [0.4, 0.5) is 11.4 Å². The minimum absolute atomic E-state index is 0.316. The van der Waals surface area contributed by atoms with E-state index in [1.165, 1.54) is 0 Å². The Morgan fingerprint density at radius 1 is 0.677 bits per heavy atom. The molecule has 150 valence electrons. The van der Waals surface area contributed by atoms with Crippen LogP contribution in [0.1, 0.15) is 27.0 Å². The number of ether oxygens (including phenoxy) is 2. The second-order valence-corrected chi connectivity index (χ2v) is 7.79. The molecule has 0 saturated heterocycles. The molecule has 0 fully saturated rings. The number of carbonyl (C=O) groups excluding carboxylic acids is 1. The molecule has 0 saturated carbocycles. The molecule has 2 heterocycles. The monoisotopic (exact) mass is 405 g/mol. The first-order chi connectivity index (χ1) is 15.2. The Hall–Kier alpha value is -4.05. The molecular weight excluding hydrogens is 386 g/mol. The summed E-state index contributed by atoms with van der Waals surface area (Å²) in [7, 11) is 2.02. The third-order valence-corrected chi connectivity index (χ3v) is 6.13. The van der Waals surface area contributed by atoms with Gasteiger partial charge in [0.1, 0.15) is 11.5 Å². The van der Waals surface area contributed by atoms with Crippen LogP contribution in [-0.4, -0.2) is 13.0 Å². The van der Waals surface area contributed by atoms with E-state index in [0.29, 0.717) is 17.1 Å². The van der Waals surface area contributed by atoms with Gasteiger partial charge in [-0.05, 0) is 36.4 Å². The van der Waals surface area contributed by atoms with E-state index in [1.54, 1.807) is 0 Å². The summed E-state index contributed by atoms with van der Waals surface area (Å²) in [6, 6.07) is 31.6. The first kappa shape index (κ1) is 17.8. The van der Waals surface area contributed by atoms with Gasteiger partial charge < -0.3 is 14.4 Å². The standard InChI is InChI=1S/C27H19NO3/c1-28(18-9-3-2-4-10-18)19-15-16-23-25(17-19)30-24-14-8-7-13-22(24)27(23)21-12-6-5-11-20(21)26(29)31-27/h2-17H,1H3. The van der Waals surface area contributed by atoms with E-state index < -0.39 is 5.60 Å². The minimum Gasteiger partial charge on any atom is -0.456 e. The van der Waals surface area contributed by atoms with Crippen molar-refractivity contribution >= 4 is 17.3 Å². The molecule has 0 radical (unpaired) electrons. The van der Waals surface area contributed by atoms with Gasteiger partial charge in [-0.2, -0.15) is 0 Å². The van der Waals surface area contributed by atoms with Crippen molar-refractivity contribution in [3.8, 4) is 11.5 Å². The second-order valence-electron chi connectivity index (χ2n) is 7.79. The summed E-state index contributed by atoms with van der Waals surface area (Å²) in [6.07, 6.45) is 0. The molecule has 2 aliphatic heterocycles. The lowest BCUT2D eigenvalue weighted by Gasteiger charge is -2.37. The number of anilines is 2. The van der Waals surface area contributed by atoms with Gasteiger partial charge in [-0.1, -0.05) is 54.6 Å². The summed E-state index contributed by atoms with van der Waals surface area (Å²) >= 11 is 0. The Morgan fingerprint density at radius 2 is 1.35 bits per heavy atom. The van der Waals surface area contributed by atoms with Crippen molar-refractivity contribution < 1.29 is 14.3 Å². The molecular formula is C27H19NO3. The number of nitrogens with zero attached hydrogens (tertiary/aromatic N) is 1. The third kappa shape index (κ3) is 2.45. The van der Waals surface area contributed by atoms with E-state index in [4.69, 9.17) is 9.47 Å². The number of fused-ring (bicyclic) bond motifs is 6. The summed E-state index contributed by atoms with van der Waals surface area (Å²) in [5.41, 5.74) is 4.15. The maximum atomic E-state index is 12.8. The topological polar surface area (TPSA) is 38.8 Å². The molecule has 1 unspecified atom stereocenters. The highest BCUT2D eigenvalue weighted by atomic mass is 16.6. The van der Waals surface area contributed by atoms with Crippen LogP contribution < -0.4 is 9.64 Å². The third-order valence-electron chi connectivity index (χ3n) is 6.13. The molecule has 1 spiro atoms. The van der Waals surface area contributed by atoms with E-state index in [2.05, 4.69) is 17.0 Å². The van der Waals surface area contributed by atoms with Crippen LogP contribution in [-0.2, 0) is 10.3 Å². The lowest BCUT2D eigenvalue weighted by molar-refractivity contribution is 0.0224. The van der Waals surface area contributed by atoms with Crippen LogP contribution in [0.2, 0.25) is 0 Å². The van der Waals surface area contributed by atoms with Crippen LogP contribution in [0.3, 0.4) is 0 Å². The fraction of sp³-hybridized carbons (Fsp3) is 0.0741. The van der Waals surface area contributed by atoms with Crippen LogP contribution >= 0.6 is 0 Å². The molecule has 0 bridgehead atoms. The van der Waals surface area contributed by atoms with Crippen LogP contribution in [0.25, 0.3) is 0 Å². The zero-order valence-corrected chi connectivity index (χ0v) is 16.9. The first-order valence-electron chi connectivity index (χ1n) is 10.2. The van der Waals surface area contributed by atoms with E-state index in [9.17, 15) is 4.79 Å². The highest BCUT2D eigenvalue weighted by molar-refractivity contribution is 5.97. The average Bonchev–Trinajstić information content (AvgIpc) is 3.12. The Balaban J connectivity index is 1.57. The van der Waals surface area contributed by atoms with Gasteiger partial charge in [0.25, 0.3) is 0 Å². The van der Waals surface area contributed by atoms with Crippen molar-refractivity contribution in [1.29, 1.82) is 0 Å². The highest BCUT2D eigenvalue weighted by Crippen LogP contribution is 2.56. The summed E-state index contributed by atoms with van der Waals surface area (Å²) < 4.78 is 12.5. The second kappa shape index (κ2) is 6.47. The summed E-state index contributed by atoms with van der Waals surface area (Å²) in [4.78, 5) is 15.0. The SMILES string of the molecule is CN(c1ccccc1)c1ccc2c(c1)Oc1ccccc1C21OC(=O)c2ccccc21. The lowest BCUT2D eigenvalue weighted by atomic mass is 9.77. The summed E-state index contributed by atoms with van der Waals surface area (Å²) in [6.45, 7) is 0. The maximum Gasteiger partial charge on any atom is 0.340 e. The molecule has 6 rings (SSSR count). The fourth-order valence-electron chi connectivity index (χ4n) is 4.62. The molecule has 4 aromatic rings. The number of hydrogen-bond acceptors (Lipinski definition) is 4. The number of esters is 1. The zero-order chi connectivity index (χ0) is 21.0. The Kier molecular flexibility index (Phi) is 3.71. The molecule has 4 aromatic carbocycles. The largest absolute Gasteiger partial charge is 0.456 e. The Labute approximate surface area is 180 Å². The number of hydrogen-bond donors (Lipinski definition) is 0. The minimum atomic E-state index is -1.01. The van der Waals surface area contributed by atoms with Gasteiger partial charge >= 0.3 is 5.97 Å². The van der Waals surface area contributed by atoms with E-state index in [1.807, 2.05) is 92.0 Å². The van der Waals surface area contributed by atoms with E-state index >= 15 is 0 Å². The van der Waals surface area contributed by atoms with Crippen LogP contribution in [0.15, 0.2) is 97.1 Å². The number of benzene rings is 4. The van der Waals surface area contributed by atoms with Gasteiger partial charge in [-0.3, -0.25) is 0 Å². The van der Waals surface area contributed by atoms with Gasteiger partial charge in [0.15, 0.2) is 5.60 Å². The average molecular weight is 405 g/mol.